The average Bonchev–Trinajstić information content (AvgIpc) is 2.76. The molecule has 90 valence electrons. The van der Waals surface area contributed by atoms with E-state index in [9.17, 15) is 0 Å². The zero-order valence-electron chi connectivity index (χ0n) is 9.93. The first-order valence-corrected chi connectivity index (χ1v) is 6.26. The van der Waals surface area contributed by atoms with Crippen molar-refractivity contribution in [2.75, 3.05) is 19.0 Å². The van der Waals surface area contributed by atoms with E-state index in [1.54, 1.807) is 18.4 Å². The first-order chi connectivity index (χ1) is 8.28. The van der Waals surface area contributed by atoms with Crippen LogP contribution in [0.2, 0.25) is 0 Å². The summed E-state index contributed by atoms with van der Waals surface area (Å²) >= 11 is 1.58. The molecule has 1 N–H and O–H groups in total. The van der Waals surface area contributed by atoms with Crippen molar-refractivity contribution in [3.8, 4) is 5.75 Å². The Labute approximate surface area is 105 Å². The van der Waals surface area contributed by atoms with E-state index in [0.29, 0.717) is 0 Å². The lowest BCUT2D eigenvalue weighted by Crippen LogP contribution is -2.04. The van der Waals surface area contributed by atoms with E-state index in [-0.39, 0.29) is 0 Å². The largest absolute Gasteiger partial charge is 0.497 e. The molecule has 0 aliphatic heterocycles. The smallest absolute Gasteiger partial charge is 0.205 e. The molecule has 1 aromatic heterocycles. The van der Waals surface area contributed by atoms with Crippen LogP contribution in [0.25, 0.3) is 0 Å². The van der Waals surface area contributed by atoms with Gasteiger partial charge in [-0.15, -0.1) is 10.2 Å². The Morgan fingerprint density at radius 3 is 2.59 bits per heavy atom. The number of benzene rings is 1. The molecule has 0 saturated heterocycles. The highest BCUT2D eigenvalue weighted by molar-refractivity contribution is 7.15. The van der Waals surface area contributed by atoms with E-state index in [4.69, 9.17) is 4.74 Å². The SMILES string of the molecule is COc1ccc(CCNc2nnc(C)s2)cc1. The van der Waals surface area contributed by atoms with Crippen LogP contribution in [0.4, 0.5) is 5.13 Å². The Bertz CT molecular complexity index is 467. The van der Waals surface area contributed by atoms with Crippen molar-refractivity contribution >= 4 is 16.5 Å². The zero-order valence-corrected chi connectivity index (χ0v) is 10.8. The monoisotopic (exact) mass is 249 g/mol. The summed E-state index contributed by atoms with van der Waals surface area (Å²) in [6, 6.07) is 8.10. The highest BCUT2D eigenvalue weighted by Gasteiger charge is 1.99. The van der Waals surface area contributed by atoms with Crippen molar-refractivity contribution in [3.05, 3.63) is 34.8 Å². The number of aromatic nitrogens is 2. The van der Waals surface area contributed by atoms with Crippen LogP contribution in [0, 0.1) is 6.92 Å². The fourth-order valence-electron chi connectivity index (χ4n) is 1.47. The molecular weight excluding hydrogens is 234 g/mol. The molecule has 0 spiro atoms. The van der Waals surface area contributed by atoms with Gasteiger partial charge in [0.05, 0.1) is 7.11 Å². The molecule has 0 aliphatic carbocycles. The molecular formula is C12H15N3OS. The van der Waals surface area contributed by atoms with Crippen molar-refractivity contribution in [1.29, 1.82) is 0 Å². The summed E-state index contributed by atoms with van der Waals surface area (Å²) in [6.45, 7) is 2.81. The maximum atomic E-state index is 5.11. The highest BCUT2D eigenvalue weighted by Crippen LogP contribution is 2.14. The van der Waals surface area contributed by atoms with Crippen LogP contribution in [-0.2, 0) is 6.42 Å². The van der Waals surface area contributed by atoms with E-state index in [0.717, 1.165) is 28.9 Å². The summed E-state index contributed by atoms with van der Waals surface area (Å²) in [4.78, 5) is 0. The van der Waals surface area contributed by atoms with Gasteiger partial charge in [0.15, 0.2) is 0 Å². The van der Waals surface area contributed by atoms with Gasteiger partial charge in [-0.2, -0.15) is 0 Å². The lowest BCUT2D eigenvalue weighted by molar-refractivity contribution is 0.414. The molecule has 4 nitrogen and oxygen atoms in total. The van der Waals surface area contributed by atoms with Gasteiger partial charge in [-0.25, -0.2) is 0 Å². The van der Waals surface area contributed by atoms with Gasteiger partial charge in [-0.1, -0.05) is 23.5 Å². The number of methoxy groups -OCH3 is 1. The third kappa shape index (κ3) is 3.42. The van der Waals surface area contributed by atoms with Gasteiger partial charge < -0.3 is 10.1 Å². The third-order valence-electron chi connectivity index (χ3n) is 2.37. The Balaban J connectivity index is 1.81. The fraction of sp³-hybridized carbons (Fsp3) is 0.333. The molecule has 2 rings (SSSR count). The molecule has 17 heavy (non-hydrogen) atoms. The predicted octanol–water partition coefficient (Wildman–Crippen LogP) is 2.51. The predicted molar refractivity (Wildman–Crippen MR) is 69.8 cm³/mol. The highest BCUT2D eigenvalue weighted by atomic mass is 32.1. The molecule has 0 unspecified atom stereocenters. The second-order valence-corrected chi connectivity index (χ2v) is 4.83. The summed E-state index contributed by atoms with van der Waals surface area (Å²) in [5.74, 6) is 0.890. The Hall–Kier alpha value is -1.62. The molecule has 1 aromatic carbocycles. The first kappa shape index (κ1) is 11.9. The number of ether oxygens (including phenoxy) is 1. The minimum Gasteiger partial charge on any atom is -0.497 e. The number of hydrogen-bond donors (Lipinski definition) is 1. The lowest BCUT2D eigenvalue weighted by Gasteiger charge is -2.04. The molecule has 0 fully saturated rings. The summed E-state index contributed by atoms with van der Waals surface area (Å²) in [7, 11) is 1.67. The summed E-state index contributed by atoms with van der Waals surface area (Å²) in [5.41, 5.74) is 1.28. The van der Waals surface area contributed by atoms with Gasteiger partial charge in [0.1, 0.15) is 10.8 Å². The van der Waals surface area contributed by atoms with Crippen molar-refractivity contribution in [1.82, 2.24) is 10.2 Å². The Morgan fingerprint density at radius 2 is 2.00 bits per heavy atom. The second-order valence-electron chi connectivity index (χ2n) is 3.65. The summed E-state index contributed by atoms with van der Waals surface area (Å²) in [5, 5.41) is 13.1. The quantitative estimate of drug-likeness (QED) is 0.884. The average molecular weight is 249 g/mol. The van der Waals surface area contributed by atoms with Crippen molar-refractivity contribution in [2.45, 2.75) is 13.3 Å². The molecule has 1 heterocycles. The molecule has 5 heteroatoms. The number of rotatable bonds is 5. The minimum absolute atomic E-state index is 0.862. The van der Waals surface area contributed by atoms with Crippen molar-refractivity contribution in [3.63, 3.8) is 0 Å². The fourth-order valence-corrected chi connectivity index (χ4v) is 2.09. The molecule has 0 atom stereocenters. The van der Waals surface area contributed by atoms with Gasteiger partial charge in [-0.05, 0) is 31.0 Å². The van der Waals surface area contributed by atoms with Gasteiger partial charge in [0, 0.05) is 6.54 Å². The number of nitrogens with zero attached hydrogens (tertiary/aromatic N) is 2. The lowest BCUT2D eigenvalue weighted by atomic mass is 10.1. The molecule has 0 aliphatic rings. The molecule has 0 saturated carbocycles. The minimum atomic E-state index is 0.862. The zero-order chi connectivity index (χ0) is 12.1. The summed E-state index contributed by atoms with van der Waals surface area (Å²) < 4.78 is 5.11. The second kappa shape index (κ2) is 5.63. The standard InChI is InChI=1S/C12H15N3OS/c1-9-14-15-12(17-9)13-8-7-10-3-5-11(16-2)6-4-10/h3-6H,7-8H2,1-2H3,(H,13,15). The topological polar surface area (TPSA) is 47.0 Å². The van der Waals surface area contributed by atoms with E-state index in [1.165, 1.54) is 5.56 Å². The van der Waals surface area contributed by atoms with Gasteiger partial charge in [0.25, 0.3) is 0 Å². The van der Waals surface area contributed by atoms with Crippen LogP contribution in [0.3, 0.4) is 0 Å². The number of hydrogen-bond acceptors (Lipinski definition) is 5. The normalized spacial score (nSPS) is 10.2. The molecule has 2 aromatic rings. The van der Waals surface area contributed by atoms with Gasteiger partial charge in [0.2, 0.25) is 5.13 Å². The number of nitrogens with one attached hydrogen (secondary N) is 1. The first-order valence-electron chi connectivity index (χ1n) is 5.45. The van der Waals surface area contributed by atoms with E-state index >= 15 is 0 Å². The maximum Gasteiger partial charge on any atom is 0.205 e. The third-order valence-corrected chi connectivity index (χ3v) is 3.17. The van der Waals surface area contributed by atoms with E-state index < -0.39 is 0 Å². The van der Waals surface area contributed by atoms with Crippen LogP contribution in [0.15, 0.2) is 24.3 Å². The Kier molecular flexibility index (Phi) is 3.93. The van der Waals surface area contributed by atoms with Crippen LogP contribution in [0.5, 0.6) is 5.75 Å². The van der Waals surface area contributed by atoms with E-state index in [2.05, 4.69) is 27.6 Å². The number of aryl methyl sites for hydroxylation is 1. The van der Waals surface area contributed by atoms with Gasteiger partial charge in [-0.3, -0.25) is 0 Å². The van der Waals surface area contributed by atoms with Crippen LogP contribution in [-0.4, -0.2) is 23.9 Å². The van der Waals surface area contributed by atoms with Crippen LogP contribution >= 0.6 is 11.3 Å². The molecule has 0 amide bonds. The molecule has 0 bridgehead atoms. The van der Waals surface area contributed by atoms with Crippen LogP contribution in [0.1, 0.15) is 10.6 Å². The summed E-state index contributed by atoms with van der Waals surface area (Å²) in [6.07, 6.45) is 0.961. The number of anilines is 1. The maximum absolute atomic E-state index is 5.11. The molecule has 0 radical (unpaired) electrons. The van der Waals surface area contributed by atoms with E-state index in [1.807, 2.05) is 19.1 Å². The Morgan fingerprint density at radius 1 is 1.24 bits per heavy atom. The van der Waals surface area contributed by atoms with Crippen molar-refractivity contribution in [2.24, 2.45) is 0 Å². The van der Waals surface area contributed by atoms with Crippen molar-refractivity contribution < 1.29 is 4.74 Å². The van der Waals surface area contributed by atoms with Gasteiger partial charge >= 0.3 is 0 Å². The van der Waals surface area contributed by atoms with Crippen LogP contribution < -0.4 is 10.1 Å².